The second-order valence-corrected chi connectivity index (χ2v) is 11.4. The van der Waals surface area contributed by atoms with E-state index in [1.54, 1.807) is 45.9 Å². The van der Waals surface area contributed by atoms with Gasteiger partial charge in [-0.2, -0.15) is 0 Å². The van der Waals surface area contributed by atoms with E-state index in [0.29, 0.717) is 17.6 Å². The monoisotopic (exact) mass is 552 g/mol. The van der Waals surface area contributed by atoms with Gasteiger partial charge >= 0.3 is 17.9 Å². The van der Waals surface area contributed by atoms with E-state index in [1.807, 2.05) is 6.92 Å². The number of carbonyl (C=O) groups is 6. The van der Waals surface area contributed by atoms with Crippen molar-refractivity contribution in [1.82, 2.24) is 0 Å². The lowest BCUT2D eigenvalue weighted by atomic mass is 9.48. The molecular weight excluding hydrogens is 516 g/mol. The number of fused-ring (bicyclic) bond motifs is 5. The summed E-state index contributed by atoms with van der Waals surface area (Å²) >= 11 is 0. The lowest BCUT2D eigenvalue weighted by molar-refractivity contribution is -0.186. The number of allylic oxidation sites excluding steroid dienone is 6. The van der Waals surface area contributed by atoms with E-state index in [-0.39, 0.29) is 42.5 Å². The molecule has 0 radical (unpaired) electrons. The van der Waals surface area contributed by atoms with E-state index in [9.17, 15) is 28.8 Å². The maximum absolute atomic E-state index is 14.2. The third-order valence-electron chi connectivity index (χ3n) is 9.17. The summed E-state index contributed by atoms with van der Waals surface area (Å²) in [6.45, 7) is 9.25. The average molecular weight is 553 g/mol. The van der Waals surface area contributed by atoms with Crippen molar-refractivity contribution in [1.29, 1.82) is 0 Å². The van der Waals surface area contributed by atoms with Crippen molar-refractivity contribution in [3.05, 3.63) is 47.3 Å². The topological polar surface area (TPSA) is 130 Å². The highest BCUT2D eigenvalue weighted by molar-refractivity contribution is 6.03. The lowest BCUT2D eigenvalue weighted by Gasteiger charge is -2.55. The fourth-order valence-corrected chi connectivity index (χ4v) is 7.37. The fourth-order valence-electron chi connectivity index (χ4n) is 7.37. The van der Waals surface area contributed by atoms with Crippen LogP contribution in [0, 0.1) is 28.6 Å². The van der Waals surface area contributed by atoms with Crippen LogP contribution in [-0.2, 0) is 43.0 Å². The summed E-state index contributed by atoms with van der Waals surface area (Å²) in [6.07, 6.45) is 8.29. The Labute approximate surface area is 233 Å². The summed E-state index contributed by atoms with van der Waals surface area (Å²) in [5, 5.41) is 0. The van der Waals surface area contributed by atoms with E-state index < -0.39 is 58.6 Å². The van der Waals surface area contributed by atoms with E-state index >= 15 is 0 Å². The van der Waals surface area contributed by atoms with Gasteiger partial charge in [0.2, 0.25) is 11.4 Å². The zero-order valence-electron chi connectivity index (χ0n) is 23.8. The SMILES string of the molecule is CC=C1C[C@H]2[C@@H]3C=C(OC(C)=O)C4=CC(=O)C=C[C@]4(C)[C@H]3C(=O)C[C@]2(C)[C@]1(OC(=O)CC)C(=O)COC(=O)CC. The molecule has 0 bridgehead atoms. The summed E-state index contributed by atoms with van der Waals surface area (Å²) in [4.78, 5) is 77.4. The van der Waals surface area contributed by atoms with Crippen LogP contribution >= 0.6 is 0 Å². The minimum atomic E-state index is -1.82. The van der Waals surface area contributed by atoms with Crippen LogP contribution in [0.1, 0.15) is 67.2 Å². The van der Waals surface area contributed by atoms with Crippen LogP contribution in [0.4, 0.5) is 0 Å². The van der Waals surface area contributed by atoms with Crippen molar-refractivity contribution in [3.63, 3.8) is 0 Å². The van der Waals surface area contributed by atoms with Crippen LogP contribution in [0.2, 0.25) is 0 Å². The van der Waals surface area contributed by atoms with E-state index in [1.165, 1.54) is 19.1 Å². The number of hydrogen-bond donors (Lipinski definition) is 0. The second kappa shape index (κ2) is 10.4. The molecule has 0 amide bonds. The molecule has 0 spiro atoms. The van der Waals surface area contributed by atoms with Gasteiger partial charge in [0.1, 0.15) is 11.5 Å². The van der Waals surface area contributed by atoms with Crippen molar-refractivity contribution in [2.45, 2.75) is 72.8 Å². The molecular formula is C31H36O9. The van der Waals surface area contributed by atoms with Gasteiger partial charge in [-0.15, -0.1) is 0 Å². The Kier molecular flexibility index (Phi) is 7.64. The van der Waals surface area contributed by atoms with Crippen LogP contribution in [0.5, 0.6) is 0 Å². The summed E-state index contributed by atoms with van der Waals surface area (Å²) < 4.78 is 16.8. The molecule has 40 heavy (non-hydrogen) atoms. The largest absolute Gasteiger partial charge is 0.457 e. The van der Waals surface area contributed by atoms with Gasteiger partial charge in [-0.1, -0.05) is 39.8 Å². The molecule has 0 aromatic carbocycles. The maximum atomic E-state index is 14.2. The summed E-state index contributed by atoms with van der Waals surface area (Å²) in [5.74, 6) is -4.08. The molecule has 0 N–H and O–H groups in total. The number of rotatable bonds is 7. The van der Waals surface area contributed by atoms with Gasteiger partial charge in [0, 0.05) is 48.5 Å². The van der Waals surface area contributed by atoms with Crippen molar-refractivity contribution in [2.24, 2.45) is 28.6 Å². The first-order valence-corrected chi connectivity index (χ1v) is 13.7. The van der Waals surface area contributed by atoms with Crippen molar-refractivity contribution in [3.8, 4) is 0 Å². The maximum Gasteiger partial charge on any atom is 0.308 e. The molecule has 2 saturated carbocycles. The average Bonchev–Trinajstić information content (AvgIpc) is 3.15. The Morgan fingerprint density at radius 2 is 1.75 bits per heavy atom. The quantitative estimate of drug-likeness (QED) is 0.262. The molecule has 0 aliphatic heterocycles. The number of ether oxygens (including phenoxy) is 3. The van der Waals surface area contributed by atoms with Gasteiger partial charge in [-0.25, -0.2) is 0 Å². The fraction of sp³-hybridized carbons (Fsp3) is 0.548. The summed E-state index contributed by atoms with van der Waals surface area (Å²) in [5.41, 5.74) is -2.94. The molecule has 0 unspecified atom stereocenters. The van der Waals surface area contributed by atoms with E-state index in [0.717, 1.165) is 0 Å². The highest BCUT2D eigenvalue weighted by atomic mass is 16.6. The number of esters is 3. The summed E-state index contributed by atoms with van der Waals surface area (Å²) in [7, 11) is 0. The third kappa shape index (κ3) is 4.30. The molecule has 0 aromatic heterocycles. The predicted octanol–water partition coefficient (Wildman–Crippen LogP) is 3.91. The van der Waals surface area contributed by atoms with Crippen molar-refractivity contribution < 1.29 is 43.0 Å². The Balaban J connectivity index is 1.92. The van der Waals surface area contributed by atoms with Crippen molar-refractivity contribution in [2.75, 3.05) is 6.61 Å². The zero-order valence-corrected chi connectivity index (χ0v) is 23.8. The normalized spacial score (nSPS) is 35.1. The highest BCUT2D eigenvalue weighted by Gasteiger charge is 2.72. The molecule has 0 aromatic rings. The minimum absolute atomic E-state index is 0.00305. The van der Waals surface area contributed by atoms with Crippen LogP contribution in [0.3, 0.4) is 0 Å². The Hall–Kier alpha value is -3.62. The van der Waals surface area contributed by atoms with Crippen LogP contribution in [0.25, 0.3) is 0 Å². The van der Waals surface area contributed by atoms with Gasteiger partial charge < -0.3 is 14.2 Å². The van der Waals surface area contributed by atoms with Gasteiger partial charge in [-0.05, 0) is 49.0 Å². The van der Waals surface area contributed by atoms with Gasteiger partial charge in [0.05, 0.1) is 0 Å². The predicted molar refractivity (Wildman–Crippen MR) is 142 cm³/mol. The second-order valence-electron chi connectivity index (χ2n) is 11.4. The van der Waals surface area contributed by atoms with Crippen LogP contribution in [-0.4, -0.2) is 47.5 Å². The molecule has 4 rings (SSSR count). The van der Waals surface area contributed by atoms with Gasteiger partial charge in [0.15, 0.2) is 12.4 Å². The first-order chi connectivity index (χ1) is 18.8. The van der Waals surface area contributed by atoms with Crippen LogP contribution < -0.4 is 0 Å². The van der Waals surface area contributed by atoms with Crippen LogP contribution in [0.15, 0.2) is 47.3 Å². The molecule has 4 aliphatic rings. The number of ketones is 3. The Morgan fingerprint density at radius 1 is 1.07 bits per heavy atom. The first kappa shape index (κ1) is 29.4. The third-order valence-corrected chi connectivity index (χ3v) is 9.17. The molecule has 9 nitrogen and oxygen atoms in total. The smallest absolute Gasteiger partial charge is 0.308 e. The van der Waals surface area contributed by atoms with E-state index in [4.69, 9.17) is 14.2 Å². The lowest BCUT2D eigenvalue weighted by Crippen LogP contribution is -2.62. The van der Waals surface area contributed by atoms with E-state index in [2.05, 4.69) is 0 Å². The molecule has 0 saturated heterocycles. The first-order valence-electron chi connectivity index (χ1n) is 13.7. The Morgan fingerprint density at radius 3 is 2.35 bits per heavy atom. The summed E-state index contributed by atoms with van der Waals surface area (Å²) in [6, 6.07) is 0. The molecule has 4 aliphatic carbocycles. The minimum Gasteiger partial charge on any atom is -0.457 e. The van der Waals surface area contributed by atoms with Gasteiger partial charge in [0.25, 0.3) is 0 Å². The van der Waals surface area contributed by atoms with Crippen molar-refractivity contribution >= 4 is 35.3 Å². The zero-order chi connectivity index (χ0) is 29.6. The molecule has 9 heteroatoms. The standard InChI is InChI=1S/C31H36O9/c1-7-18-12-21-20-14-24(39-17(4)32)22-13-19(33)10-11-29(22,5)28(20)23(34)15-30(21,6)31(18,40-27(37)9-3)25(35)16-38-26(36)8-2/h7,10-11,13-14,20-21,28H,8-9,12,15-16H2,1-6H3/t20-,21-,28+,29-,30-,31+/m0/s1. The number of carbonyl (C=O) groups excluding carboxylic acids is 6. The molecule has 214 valence electrons. The highest BCUT2D eigenvalue weighted by Crippen LogP contribution is 2.68. The molecule has 0 heterocycles. The number of hydrogen-bond acceptors (Lipinski definition) is 9. The van der Waals surface area contributed by atoms with Gasteiger partial charge in [-0.3, -0.25) is 28.8 Å². The Bertz CT molecular complexity index is 1310. The number of Topliss-reactive ketones (excluding diaryl/α,β-unsaturated/α-hetero) is 2. The molecule has 2 fully saturated rings. The molecule has 6 atom stereocenters.